The number of anilines is 1. The molecule has 1 fully saturated rings. The lowest BCUT2D eigenvalue weighted by molar-refractivity contribution is -0.143. The van der Waals surface area contributed by atoms with Crippen molar-refractivity contribution in [1.82, 2.24) is 4.90 Å². The Morgan fingerprint density at radius 2 is 1.82 bits per heavy atom. The Morgan fingerprint density at radius 1 is 1.07 bits per heavy atom. The maximum absolute atomic E-state index is 13.5. The maximum Gasteiger partial charge on any atom is 0.329 e. The lowest BCUT2D eigenvalue weighted by Crippen LogP contribution is -2.49. The Morgan fingerprint density at radius 3 is 2.61 bits per heavy atom. The molecule has 4 rings (SSSR count). The minimum atomic E-state index is -0.556. The van der Waals surface area contributed by atoms with Gasteiger partial charge in [-0.2, -0.15) is 0 Å². The second-order valence-corrected chi connectivity index (χ2v) is 7.64. The first-order valence-electron chi connectivity index (χ1n) is 9.92. The molecule has 28 heavy (non-hydrogen) atoms. The van der Waals surface area contributed by atoms with Gasteiger partial charge in [0.05, 0.1) is 13.0 Å². The SMILES string of the molecule is COC(=O)C1Cc2ccccc2N1C(=O)C1CCCN(Cc2ccccc2)C1. The van der Waals surface area contributed by atoms with Crippen LogP contribution in [0.2, 0.25) is 0 Å². The van der Waals surface area contributed by atoms with E-state index in [9.17, 15) is 9.59 Å². The number of hydrogen-bond acceptors (Lipinski definition) is 4. The molecule has 2 heterocycles. The number of piperidine rings is 1. The summed E-state index contributed by atoms with van der Waals surface area (Å²) in [5.41, 5.74) is 3.14. The average molecular weight is 378 g/mol. The fraction of sp³-hybridized carbons (Fsp3) is 0.391. The quantitative estimate of drug-likeness (QED) is 0.768. The van der Waals surface area contributed by atoms with Crippen LogP contribution >= 0.6 is 0 Å². The van der Waals surface area contributed by atoms with Gasteiger partial charge >= 0.3 is 5.97 Å². The van der Waals surface area contributed by atoms with E-state index in [1.54, 1.807) is 4.90 Å². The van der Waals surface area contributed by atoms with E-state index < -0.39 is 6.04 Å². The van der Waals surface area contributed by atoms with Gasteiger partial charge in [-0.15, -0.1) is 0 Å². The monoisotopic (exact) mass is 378 g/mol. The Balaban J connectivity index is 1.52. The summed E-state index contributed by atoms with van der Waals surface area (Å²) >= 11 is 0. The van der Waals surface area contributed by atoms with Gasteiger partial charge in [0.2, 0.25) is 5.91 Å². The molecule has 0 spiro atoms. The molecular formula is C23H26N2O3. The summed E-state index contributed by atoms with van der Waals surface area (Å²) in [6, 6.07) is 17.6. The van der Waals surface area contributed by atoms with Gasteiger partial charge in [-0.25, -0.2) is 4.79 Å². The van der Waals surface area contributed by atoms with Crippen LogP contribution < -0.4 is 4.90 Å². The third-order valence-electron chi connectivity index (χ3n) is 5.79. The van der Waals surface area contributed by atoms with Crippen LogP contribution in [0.25, 0.3) is 0 Å². The number of ether oxygens (including phenoxy) is 1. The average Bonchev–Trinajstić information content (AvgIpc) is 3.13. The number of fused-ring (bicyclic) bond motifs is 1. The summed E-state index contributed by atoms with van der Waals surface area (Å²) in [5, 5.41) is 0. The normalized spacial score (nSPS) is 22.0. The molecule has 2 aromatic carbocycles. The summed E-state index contributed by atoms with van der Waals surface area (Å²) < 4.78 is 4.99. The molecule has 0 aromatic heterocycles. The fourth-order valence-electron chi connectivity index (χ4n) is 4.42. The van der Waals surface area contributed by atoms with Crippen LogP contribution in [-0.4, -0.2) is 43.0 Å². The zero-order chi connectivity index (χ0) is 19.5. The number of methoxy groups -OCH3 is 1. The molecule has 5 heteroatoms. The van der Waals surface area contributed by atoms with Crippen LogP contribution in [0.15, 0.2) is 54.6 Å². The number of para-hydroxylation sites is 1. The molecule has 146 valence electrons. The fourth-order valence-corrected chi connectivity index (χ4v) is 4.42. The van der Waals surface area contributed by atoms with Crippen LogP contribution in [0.4, 0.5) is 5.69 Å². The van der Waals surface area contributed by atoms with Gasteiger partial charge in [0.15, 0.2) is 0 Å². The van der Waals surface area contributed by atoms with Gasteiger partial charge in [-0.05, 0) is 36.6 Å². The van der Waals surface area contributed by atoms with Crippen molar-refractivity contribution in [2.45, 2.75) is 31.8 Å². The van der Waals surface area contributed by atoms with E-state index in [4.69, 9.17) is 4.74 Å². The molecule has 0 N–H and O–H groups in total. The number of nitrogens with zero attached hydrogens (tertiary/aromatic N) is 2. The predicted octanol–water partition coefficient (Wildman–Crippen LogP) is 3.03. The third kappa shape index (κ3) is 3.67. The molecule has 1 amide bonds. The molecule has 0 aliphatic carbocycles. The second kappa shape index (κ2) is 8.15. The highest BCUT2D eigenvalue weighted by Gasteiger charge is 2.42. The van der Waals surface area contributed by atoms with Crippen molar-refractivity contribution in [2.75, 3.05) is 25.1 Å². The van der Waals surface area contributed by atoms with Gasteiger partial charge in [0.1, 0.15) is 6.04 Å². The van der Waals surface area contributed by atoms with E-state index in [2.05, 4.69) is 17.0 Å². The smallest absolute Gasteiger partial charge is 0.329 e. The Bertz CT molecular complexity index is 852. The van der Waals surface area contributed by atoms with Gasteiger partial charge in [0, 0.05) is 25.2 Å². The molecule has 2 aliphatic heterocycles. The molecule has 0 saturated carbocycles. The van der Waals surface area contributed by atoms with E-state index in [0.29, 0.717) is 6.42 Å². The van der Waals surface area contributed by atoms with Crippen molar-refractivity contribution >= 4 is 17.6 Å². The van der Waals surface area contributed by atoms with Gasteiger partial charge in [0.25, 0.3) is 0 Å². The van der Waals surface area contributed by atoms with Crippen molar-refractivity contribution in [1.29, 1.82) is 0 Å². The van der Waals surface area contributed by atoms with Gasteiger partial charge in [-0.3, -0.25) is 14.6 Å². The summed E-state index contributed by atoms with van der Waals surface area (Å²) in [4.78, 5) is 29.9. The lowest BCUT2D eigenvalue weighted by Gasteiger charge is -2.35. The molecule has 2 aliphatic rings. The number of hydrogen-bond donors (Lipinski definition) is 0. The summed E-state index contributed by atoms with van der Waals surface area (Å²) in [6.07, 6.45) is 2.37. The number of carbonyl (C=O) groups excluding carboxylic acids is 2. The summed E-state index contributed by atoms with van der Waals surface area (Å²) in [6.45, 7) is 2.57. The van der Waals surface area contributed by atoms with Gasteiger partial charge < -0.3 is 4.74 Å². The maximum atomic E-state index is 13.5. The topological polar surface area (TPSA) is 49.9 Å². The van der Waals surface area contributed by atoms with Gasteiger partial charge in [-0.1, -0.05) is 48.5 Å². The van der Waals surface area contributed by atoms with E-state index in [1.165, 1.54) is 12.7 Å². The van der Waals surface area contributed by atoms with Crippen molar-refractivity contribution in [2.24, 2.45) is 5.92 Å². The number of carbonyl (C=O) groups is 2. The molecule has 2 aromatic rings. The molecule has 2 unspecified atom stereocenters. The first-order chi connectivity index (χ1) is 13.7. The van der Waals surface area contributed by atoms with E-state index in [1.807, 2.05) is 42.5 Å². The van der Waals surface area contributed by atoms with E-state index in [-0.39, 0.29) is 17.8 Å². The molecule has 2 atom stereocenters. The molecule has 0 bridgehead atoms. The molecule has 5 nitrogen and oxygen atoms in total. The Hall–Kier alpha value is -2.66. The number of likely N-dealkylation sites (tertiary alicyclic amines) is 1. The minimum absolute atomic E-state index is 0.0399. The van der Waals surface area contributed by atoms with Crippen molar-refractivity contribution in [3.8, 4) is 0 Å². The van der Waals surface area contributed by atoms with E-state index >= 15 is 0 Å². The Kier molecular flexibility index (Phi) is 5.44. The van der Waals surface area contributed by atoms with E-state index in [0.717, 1.165) is 43.7 Å². The summed E-state index contributed by atoms with van der Waals surface area (Å²) in [5.74, 6) is -0.407. The molecular weight excluding hydrogens is 352 g/mol. The van der Waals surface area contributed by atoms with Crippen molar-refractivity contribution in [3.05, 3.63) is 65.7 Å². The zero-order valence-electron chi connectivity index (χ0n) is 16.2. The minimum Gasteiger partial charge on any atom is -0.467 e. The Labute approximate surface area is 165 Å². The standard InChI is InChI=1S/C23H26N2O3/c1-28-23(27)21-14-18-10-5-6-12-20(18)25(21)22(26)19-11-7-13-24(16-19)15-17-8-3-2-4-9-17/h2-6,8-10,12,19,21H,7,11,13-16H2,1H3. The van der Waals surface area contributed by atoms with Crippen LogP contribution in [0.3, 0.4) is 0 Å². The number of benzene rings is 2. The highest BCUT2D eigenvalue weighted by molar-refractivity contribution is 6.03. The largest absolute Gasteiger partial charge is 0.467 e. The van der Waals surface area contributed by atoms with Crippen molar-refractivity contribution in [3.63, 3.8) is 0 Å². The molecule has 0 radical (unpaired) electrons. The highest BCUT2D eigenvalue weighted by atomic mass is 16.5. The third-order valence-corrected chi connectivity index (χ3v) is 5.79. The predicted molar refractivity (Wildman–Crippen MR) is 108 cm³/mol. The second-order valence-electron chi connectivity index (χ2n) is 7.64. The van der Waals surface area contributed by atoms with Crippen LogP contribution in [0, 0.1) is 5.92 Å². The number of amides is 1. The van der Waals surface area contributed by atoms with Crippen molar-refractivity contribution < 1.29 is 14.3 Å². The number of rotatable bonds is 4. The first kappa shape index (κ1) is 18.7. The highest BCUT2D eigenvalue weighted by Crippen LogP contribution is 2.35. The number of esters is 1. The molecule has 1 saturated heterocycles. The van der Waals surface area contributed by atoms with Crippen LogP contribution in [0.5, 0.6) is 0 Å². The van der Waals surface area contributed by atoms with Crippen LogP contribution in [-0.2, 0) is 27.3 Å². The summed E-state index contributed by atoms with van der Waals surface area (Å²) in [7, 11) is 1.39. The van der Waals surface area contributed by atoms with Crippen LogP contribution in [0.1, 0.15) is 24.0 Å². The zero-order valence-corrected chi connectivity index (χ0v) is 16.2. The lowest BCUT2D eigenvalue weighted by atomic mass is 9.95. The first-order valence-corrected chi connectivity index (χ1v) is 9.92.